The van der Waals surface area contributed by atoms with Gasteiger partial charge in [0.1, 0.15) is 0 Å². The van der Waals surface area contributed by atoms with Crippen LogP contribution in [0.3, 0.4) is 0 Å². The molecule has 0 aromatic carbocycles. The van der Waals surface area contributed by atoms with Crippen molar-refractivity contribution in [1.82, 2.24) is 20.1 Å². The number of aromatic amines is 1. The molecule has 0 spiro atoms. The first-order valence-electron chi connectivity index (χ1n) is 5.81. The van der Waals surface area contributed by atoms with Crippen molar-refractivity contribution in [2.24, 2.45) is 0 Å². The van der Waals surface area contributed by atoms with Crippen molar-refractivity contribution in [2.75, 3.05) is 31.2 Å². The Morgan fingerprint density at radius 2 is 2.47 bits per heavy atom. The number of aromatic nitrogens is 3. The third-order valence-corrected chi connectivity index (χ3v) is 3.76. The first kappa shape index (κ1) is 12.7. The number of nitrogens with two attached hydrogens (primary N) is 1. The number of rotatable bonds is 4. The highest BCUT2D eigenvalue weighted by Crippen LogP contribution is 2.18. The molecule has 1 fully saturated rings. The number of nitrogens with zero attached hydrogens (tertiary/aromatic N) is 3. The quantitative estimate of drug-likeness (QED) is 0.768. The summed E-state index contributed by atoms with van der Waals surface area (Å²) in [5, 5.41) is 7.30. The van der Waals surface area contributed by atoms with Crippen molar-refractivity contribution < 1.29 is 4.74 Å². The molecule has 0 amide bonds. The third-order valence-electron chi connectivity index (χ3n) is 2.78. The minimum atomic E-state index is 0.246. The smallest absolute Gasteiger partial charge is 0.216 e. The largest absolute Gasteiger partial charge is 0.375 e. The Labute approximate surface area is 105 Å². The number of hydrogen-bond donors (Lipinski definition) is 2. The monoisotopic (exact) mass is 257 g/mol. The fraction of sp³-hybridized carbons (Fsp3) is 0.800. The Balaban J connectivity index is 1.79. The maximum absolute atomic E-state index is 5.73. The van der Waals surface area contributed by atoms with E-state index in [0.29, 0.717) is 17.1 Å². The lowest BCUT2D eigenvalue weighted by atomic mass is 10.2. The molecule has 0 radical (unpaired) electrons. The predicted octanol–water partition coefficient (Wildman–Crippen LogP) is 0.588. The van der Waals surface area contributed by atoms with Gasteiger partial charge in [-0.05, 0) is 13.8 Å². The van der Waals surface area contributed by atoms with E-state index in [1.54, 1.807) is 11.8 Å². The van der Waals surface area contributed by atoms with E-state index in [9.17, 15) is 0 Å². The van der Waals surface area contributed by atoms with Crippen LogP contribution in [0.5, 0.6) is 0 Å². The van der Waals surface area contributed by atoms with Gasteiger partial charge in [-0.1, -0.05) is 11.8 Å². The second kappa shape index (κ2) is 5.70. The summed E-state index contributed by atoms with van der Waals surface area (Å²) in [5.41, 5.74) is 5.47. The Bertz CT molecular complexity index is 356. The molecule has 2 rings (SSSR count). The van der Waals surface area contributed by atoms with Crippen LogP contribution in [0.25, 0.3) is 0 Å². The van der Waals surface area contributed by atoms with Crippen LogP contribution < -0.4 is 5.73 Å². The maximum atomic E-state index is 5.73. The zero-order valence-corrected chi connectivity index (χ0v) is 11.0. The molecular formula is C10H19N5OS. The molecule has 0 saturated carbocycles. The Morgan fingerprint density at radius 3 is 3.12 bits per heavy atom. The molecule has 7 heteroatoms. The average molecular weight is 257 g/mol. The number of nitrogens with one attached hydrogen (secondary N) is 1. The molecule has 1 aliphatic rings. The highest BCUT2D eigenvalue weighted by atomic mass is 32.2. The van der Waals surface area contributed by atoms with Gasteiger partial charge in [0, 0.05) is 24.9 Å². The van der Waals surface area contributed by atoms with Crippen LogP contribution in [-0.2, 0) is 4.74 Å². The van der Waals surface area contributed by atoms with E-state index in [0.717, 1.165) is 25.4 Å². The molecule has 96 valence electrons. The van der Waals surface area contributed by atoms with Crippen molar-refractivity contribution in [3.8, 4) is 0 Å². The SMILES string of the molecule is CC(C)N1CCOC(CSc2n[nH]c(N)n2)C1. The van der Waals surface area contributed by atoms with Crippen molar-refractivity contribution in [3.05, 3.63) is 0 Å². The fourth-order valence-electron chi connectivity index (χ4n) is 1.80. The standard InChI is InChI=1S/C10H19N5OS/c1-7(2)15-3-4-16-8(5-15)6-17-10-12-9(11)13-14-10/h7-8H,3-6H2,1-2H3,(H3,11,12,13,14). The van der Waals surface area contributed by atoms with Crippen LogP contribution in [0, 0.1) is 0 Å². The van der Waals surface area contributed by atoms with Crippen molar-refractivity contribution >= 4 is 17.7 Å². The molecule has 6 nitrogen and oxygen atoms in total. The summed E-state index contributed by atoms with van der Waals surface area (Å²) >= 11 is 1.58. The lowest BCUT2D eigenvalue weighted by Crippen LogP contribution is -2.46. The molecule has 1 aromatic heterocycles. The minimum absolute atomic E-state index is 0.246. The highest BCUT2D eigenvalue weighted by Gasteiger charge is 2.22. The van der Waals surface area contributed by atoms with Crippen LogP contribution in [0.15, 0.2) is 5.16 Å². The van der Waals surface area contributed by atoms with E-state index in [1.807, 2.05) is 0 Å². The van der Waals surface area contributed by atoms with Crippen LogP contribution in [0.4, 0.5) is 5.95 Å². The lowest BCUT2D eigenvalue weighted by Gasteiger charge is -2.35. The number of thioether (sulfide) groups is 1. The van der Waals surface area contributed by atoms with Crippen molar-refractivity contribution in [1.29, 1.82) is 0 Å². The number of morpholine rings is 1. The van der Waals surface area contributed by atoms with E-state index >= 15 is 0 Å². The topological polar surface area (TPSA) is 80.1 Å². The molecular weight excluding hydrogens is 238 g/mol. The molecule has 2 heterocycles. The van der Waals surface area contributed by atoms with Crippen molar-refractivity contribution in [2.45, 2.75) is 31.1 Å². The van der Waals surface area contributed by atoms with Crippen LogP contribution in [0.2, 0.25) is 0 Å². The Hall–Kier alpha value is -0.790. The first-order chi connectivity index (χ1) is 8.15. The van der Waals surface area contributed by atoms with Gasteiger partial charge in [-0.2, -0.15) is 4.98 Å². The summed E-state index contributed by atoms with van der Waals surface area (Å²) in [5.74, 6) is 1.22. The number of ether oxygens (including phenoxy) is 1. The molecule has 0 bridgehead atoms. The third kappa shape index (κ3) is 3.58. The van der Waals surface area contributed by atoms with Crippen molar-refractivity contribution in [3.63, 3.8) is 0 Å². The zero-order chi connectivity index (χ0) is 12.3. The van der Waals surface area contributed by atoms with Gasteiger partial charge >= 0.3 is 0 Å². The summed E-state index contributed by atoms with van der Waals surface area (Å²) in [6.07, 6.45) is 0.246. The van der Waals surface area contributed by atoms with Gasteiger partial charge in [-0.25, -0.2) is 5.10 Å². The van der Waals surface area contributed by atoms with E-state index in [-0.39, 0.29) is 6.10 Å². The van der Waals surface area contributed by atoms with Gasteiger partial charge in [0.25, 0.3) is 0 Å². The van der Waals surface area contributed by atoms with Gasteiger partial charge in [0.15, 0.2) is 0 Å². The van der Waals surface area contributed by atoms with Gasteiger partial charge in [0.2, 0.25) is 11.1 Å². The Morgan fingerprint density at radius 1 is 1.65 bits per heavy atom. The van der Waals surface area contributed by atoms with Gasteiger partial charge in [-0.3, -0.25) is 4.90 Å². The van der Waals surface area contributed by atoms with E-state index in [1.165, 1.54) is 0 Å². The van der Waals surface area contributed by atoms with E-state index in [4.69, 9.17) is 10.5 Å². The number of anilines is 1. The molecule has 0 aliphatic carbocycles. The molecule has 17 heavy (non-hydrogen) atoms. The minimum Gasteiger partial charge on any atom is -0.375 e. The maximum Gasteiger partial charge on any atom is 0.216 e. The summed E-state index contributed by atoms with van der Waals surface area (Å²) in [4.78, 5) is 6.49. The summed E-state index contributed by atoms with van der Waals surface area (Å²) in [6.45, 7) is 7.23. The highest BCUT2D eigenvalue weighted by molar-refractivity contribution is 7.99. The normalized spacial score (nSPS) is 22.2. The molecule has 3 N–H and O–H groups in total. The van der Waals surface area contributed by atoms with Gasteiger partial charge < -0.3 is 10.5 Å². The van der Waals surface area contributed by atoms with E-state index < -0.39 is 0 Å². The number of nitrogen functional groups attached to an aromatic ring is 1. The summed E-state index contributed by atoms with van der Waals surface area (Å²) < 4.78 is 5.73. The molecule has 1 aromatic rings. The van der Waals surface area contributed by atoms with Gasteiger partial charge in [-0.15, -0.1) is 5.10 Å². The molecule has 1 atom stereocenters. The van der Waals surface area contributed by atoms with Crippen LogP contribution >= 0.6 is 11.8 Å². The van der Waals surface area contributed by atoms with E-state index in [2.05, 4.69) is 33.9 Å². The molecule has 1 saturated heterocycles. The number of hydrogen-bond acceptors (Lipinski definition) is 6. The fourth-order valence-corrected chi connectivity index (χ4v) is 2.61. The second-order valence-corrected chi connectivity index (χ2v) is 5.38. The zero-order valence-electron chi connectivity index (χ0n) is 10.2. The first-order valence-corrected chi connectivity index (χ1v) is 6.80. The second-order valence-electron chi connectivity index (χ2n) is 4.40. The summed E-state index contributed by atoms with van der Waals surface area (Å²) in [7, 11) is 0. The molecule has 1 aliphatic heterocycles. The summed E-state index contributed by atoms with van der Waals surface area (Å²) in [6, 6.07) is 0.575. The predicted molar refractivity (Wildman–Crippen MR) is 68.0 cm³/mol. The Kier molecular flexibility index (Phi) is 4.25. The average Bonchev–Trinajstić information content (AvgIpc) is 2.73. The van der Waals surface area contributed by atoms with Crippen LogP contribution in [0.1, 0.15) is 13.8 Å². The molecule has 1 unspecified atom stereocenters. The van der Waals surface area contributed by atoms with Gasteiger partial charge in [0.05, 0.1) is 12.7 Å². The number of H-pyrrole nitrogens is 1. The van der Waals surface area contributed by atoms with Crippen LogP contribution in [-0.4, -0.2) is 57.7 Å². The lowest BCUT2D eigenvalue weighted by molar-refractivity contribution is -0.0265.